The molecule has 0 atom stereocenters. The van der Waals surface area contributed by atoms with Crippen molar-refractivity contribution in [1.29, 1.82) is 0 Å². The number of amides is 2. The zero-order valence-electron chi connectivity index (χ0n) is 12.6. The summed E-state index contributed by atoms with van der Waals surface area (Å²) in [5, 5.41) is 0. The van der Waals surface area contributed by atoms with E-state index in [1.165, 1.54) is 0 Å². The molecule has 2 N–H and O–H groups in total. The van der Waals surface area contributed by atoms with Gasteiger partial charge in [0.05, 0.1) is 12.2 Å². The Hall–Kier alpha value is -2.09. The number of ether oxygens (including phenoxy) is 1. The number of rotatable bonds is 5. The molecule has 2 aromatic rings. The van der Waals surface area contributed by atoms with E-state index in [4.69, 9.17) is 4.74 Å². The predicted molar refractivity (Wildman–Crippen MR) is 96.3 cm³/mol. The van der Waals surface area contributed by atoms with Gasteiger partial charge in [-0.3, -0.25) is 20.4 Å². The zero-order valence-corrected chi connectivity index (χ0v) is 14.8. The summed E-state index contributed by atoms with van der Waals surface area (Å²) in [6.45, 7) is 2.66. The number of hydrazine groups is 1. The van der Waals surface area contributed by atoms with Gasteiger partial charge in [-0.05, 0) is 65.4 Å². The summed E-state index contributed by atoms with van der Waals surface area (Å²) in [5.74, 6) is -0.0242. The van der Waals surface area contributed by atoms with Crippen LogP contribution in [0, 0.1) is 3.57 Å². The van der Waals surface area contributed by atoms with Crippen molar-refractivity contribution in [3.63, 3.8) is 0 Å². The molecule has 6 heteroatoms. The summed E-state index contributed by atoms with van der Waals surface area (Å²) in [7, 11) is 0. The average molecular weight is 424 g/mol. The van der Waals surface area contributed by atoms with Crippen LogP contribution in [0.2, 0.25) is 0 Å². The number of carbonyl (C=O) groups is 2. The fraction of sp³-hybridized carbons (Fsp3) is 0.176. The Morgan fingerprint density at radius 3 is 2.30 bits per heavy atom. The lowest BCUT2D eigenvalue weighted by molar-refractivity contribution is 0.0846. The van der Waals surface area contributed by atoms with Crippen molar-refractivity contribution in [2.45, 2.75) is 13.3 Å². The highest BCUT2D eigenvalue weighted by atomic mass is 127. The van der Waals surface area contributed by atoms with Crippen LogP contribution in [-0.2, 0) is 0 Å². The van der Waals surface area contributed by atoms with Crippen LogP contribution < -0.4 is 15.6 Å². The predicted octanol–water partition coefficient (Wildman–Crippen LogP) is 3.15. The molecule has 0 heterocycles. The lowest BCUT2D eigenvalue weighted by Crippen LogP contribution is -2.41. The van der Waals surface area contributed by atoms with Crippen molar-refractivity contribution >= 4 is 34.4 Å². The smallest absolute Gasteiger partial charge is 0.270 e. The zero-order chi connectivity index (χ0) is 16.7. The van der Waals surface area contributed by atoms with Gasteiger partial charge in [0.1, 0.15) is 5.75 Å². The molecule has 0 radical (unpaired) electrons. The number of carbonyl (C=O) groups excluding carboxylic acids is 2. The number of hydrogen-bond donors (Lipinski definition) is 2. The van der Waals surface area contributed by atoms with Crippen LogP contribution in [0.25, 0.3) is 0 Å². The maximum atomic E-state index is 12.0. The number of halogens is 1. The van der Waals surface area contributed by atoms with Crippen molar-refractivity contribution in [1.82, 2.24) is 10.9 Å². The van der Waals surface area contributed by atoms with E-state index in [0.717, 1.165) is 9.99 Å². The fourth-order valence-electron chi connectivity index (χ4n) is 1.82. The molecule has 0 aliphatic rings. The molecule has 0 bridgehead atoms. The van der Waals surface area contributed by atoms with E-state index in [1.807, 2.05) is 19.1 Å². The standard InChI is InChI=1S/C17H17IN2O3/c1-2-11-23-13-9-7-12(8-10-13)16(21)19-20-17(22)14-5-3-4-6-15(14)18/h3-10H,2,11H2,1H3,(H,19,21)(H,20,22). The largest absolute Gasteiger partial charge is 0.494 e. The molecule has 0 saturated heterocycles. The normalized spacial score (nSPS) is 10.0. The van der Waals surface area contributed by atoms with E-state index in [9.17, 15) is 9.59 Å². The molecule has 0 aliphatic carbocycles. The number of benzene rings is 2. The van der Waals surface area contributed by atoms with Crippen molar-refractivity contribution in [3.8, 4) is 5.75 Å². The maximum absolute atomic E-state index is 12.0. The first-order chi connectivity index (χ1) is 11.1. The lowest BCUT2D eigenvalue weighted by atomic mass is 10.2. The van der Waals surface area contributed by atoms with Gasteiger partial charge in [-0.1, -0.05) is 19.1 Å². The minimum Gasteiger partial charge on any atom is -0.494 e. The second-order valence-corrected chi connectivity index (χ2v) is 5.92. The van der Waals surface area contributed by atoms with Crippen LogP contribution >= 0.6 is 22.6 Å². The summed E-state index contributed by atoms with van der Waals surface area (Å²) in [6.07, 6.45) is 0.923. The first-order valence-electron chi connectivity index (χ1n) is 7.20. The molecule has 2 amide bonds. The van der Waals surface area contributed by atoms with Crippen molar-refractivity contribution in [3.05, 3.63) is 63.2 Å². The summed E-state index contributed by atoms with van der Waals surface area (Å²) >= 11 is 2.07. The molecule has 5 nitrogen and oxygen atoms in total. The Morgan fingerprint density at radius 1 is 1.00 bits per heavy atom. The first-order valence-corrected chi connectivity index (χ1v) is 8.27. The molecule has 0 aromatic heterocycles. The molecule has 0 unspecified atom stereocenters. The second-order valence-electron chi connectivity index (χ2n) is 4.76. The van der Waals surface area contributed by atoms with Crippen LogP contribution in [0.1, 0.15) is 34.1 Å². The molecule has 120 valence electrons. The summed E-state index contributed by atoms with van der Waals surface area (Å²) < 4.78 is 6.27. The number of nitrogens with one attached hydrogen (secondary N) is 2. The second kappa shape index (κ2) is 8.52. The van der Waals surface area contributed by atoms with E-state index in [2.05, 4.69) is 33.4 Å². The van der Waals surface area contributed by atoms with Gasteiger partial charge in [-0.15, -0.1) is 0 Å². The lowest BCUT2D eigenvalue weighted by Gasteiger charge is -2.09. The van der Waals surface area contributed by atoms with Gasteiger partial charge in [0.2, 0.25) is 0 Å². The summed E-state index contributed by atoms with van der Waals surface area (Å²) in [4.78, 5) is 24.0. The molecule has 0 spiro atoms. The molecular formula is C17H17IN2O3. The number of hydrogen-bond acceptors (Lipinski definition) is 3. The summed E-state index contributed by atoms with van der Waals surface area (Å²) in [5.41, 5.74) is 5.77. The maximum Gasteiger partial charge on any atom is 0.270 e. The molecule has 0 fully saturated rings. The minimum absolute atomic E-state index is 0.355. The van der Waals surface area contributed by atoms with Crippen LogP contribution in [0.15, 0.2) is 48.5 Å². The van der Waals surface area contributed by atoms with Gasteiger partial charge in [0.25, 0.3) is 11.8 Å². The van der Waals surface area contributed by atoms with Crippen molar-refractivity contribution in [2.24, 2.45) is 0 Å². The quantitative estimate of drug-likeness (QED) is 0.573. The van der Waals surface area contributed by atoms with Gasteiger partial charge in [-0.2, -0.15) is 0 Å². The van der Waals surface area contributed by atoms with E-state index < -0.39 is 0 Å². The van der Waals surface area contributed by atoms with Crippen LogP contribution in [0.5, 0.6) is 5.75 Å². The Bertz CT molecular complexity index is 686. The highest BCUT2D eigenvalue weighted by Crippen LogP contribution is 2.13. The third-order valence-corrected chi connectivity index (χ3v) is 3.94. The minimum atomic E-state index is -0.383. The molecule has 0 saturated carbocycles. The molecular weight excluding hydrogens is 407 g/mol. The molecule has 2 rings (SSSR count). The van der Waals surface area contributed by atoms with Gasteiger partial charge < -0.3 is 4.74 Å². The van der Waals surface area contributed by atoms with Crippen LogP contribution in [0.3, 0.4) is 0 Å². The third kappa shape index (κ3) is 4.95. The van der Waals surface area contributed by atoms with Crippen LogP contribution in [-0.4, -0.2) is 18.4 Å². The molecule has 23 heavy (non-hydrogen) atoms. The molecule has 0 aliphatic heterocycles. The van der Waals surface area contributed by atoms with Gasteiger partial charge >= 0.3 is 0 Å². The van der Waals surface area contributed by atoms with Gasteiger partial charge in [-0.25, -0.2) is 0 Å². The van der Waals surface area contributed by atoms with E-state index in [-0.39, 0.29) is 11.8 Å². The van der Waals surface area contributed by atoms with E-state index >= 15 is 0 Å². The van der Waals surface area contributed by atoms with Gasteiger partial charge in [0, 0.05) is 9.13 Å². The highest BCUT2D eigenvalue weighted by molar-refractivity contribution is 14.1. The Morgan fingerprint density at radius 2 is 1.65 bits per heavy atom. The Balaban J connectivity index is 1.92. The van der Waals surface area contributed by atoms with Crippen molar-refractivity contribution < 1.29 is 14.3 Å². The van der Waals surface area contributed by atoms with E-state index in [0.29, 0.717) is 23.5 Å². The van der Waals surface area contributed by atoms with E-state index in [1.54, 1.807) is 36.4 Å². The monoisotopic (exact) mass is 424 g/mol. The topological polar surface area (TPSA) is 67.4 Å². The average Bonchev–Trinajstić information content (AvgIpc) is 2.58. The van der Waals surface area contributed by atoms with Crippen LogP contribution in [0.4, 0.5) is 0 Å². The first kappa shape index (κ1) is 17.3. The third-order valence-electron chi connectivity index (χ3n) is 3.00. The Kier molecular flexibility index (Phi) is 6.40. The SMILES string of the molecule is CCCOc1ccc(C(=O)NNC(=O)c2ccccc2I)cc1. The fourth-order valence-corrected chi connectivity index (χ4v) is 2.45. The highest BCUT2D eigenvalue weighted by Gasteiger charge is 2.11. The summed E-state index contributed by atoms with van der Waals surface area (Å²) in [6, 6.07) is 13.9. The molecule has 2 aromatic carbocycles. The van der Waals surface area contributed by atoms with Gasteiger partial charge in [0.15, 0.2) is 0 Å². The van der Waals surface area contributed by atoms with Crippen molar-refractivity contribution in [2.75, 3.05) is 6.61 Å². The Labute approximate surface area is 148 Å².